The average molecular weight is 354 g/mol. The lowest BCUT2D eigenvalue weighted by molar-refractivity contribution is -0.121. The van der Waals surface area contributed by atoms with Gasteiger partial charge in [0.15, 0.2) is 0 Å². The van der Waals surface area contributed by atoms with Crippen LogP contribution in [-0.2, 0) is 11.2 Å². The minimum atomic E-state index is 0.125. The van der Waals surface area contributed by atoms with E-state index in [9.17, 15) is 4.79 Å². The van der Waals surface area contributed by atoms with Crippen molar-refractivity contribution in [3.05, 3.63) is 52.3 Å². The lowest BCUT2D eigenvalue weighted by Gasteiger charge is -2.17. The normalized spacial score (nSPS) is 17.6. The second-order valence-electron chi connectivity index (χ2n) is 7.41. The Balaban J connectivity index is 1.37. The summed E-state index contributed by atoms with van der Waals surface area (Å²) in [7, 11) is 0. The highest BCUT2D eigenvalue weighted by Gasteiger charge is 2.24. The molecule has 140 valence electrons. The Morgan fingerprint density at radius 1 is 1.31 bits per heavy atom. The number of aromatic amines is 1. The van der Waals surface area contributed by atoms with Gasteiger partial charge < -0.3 is 10.2 Å². The molecule has 1 amide bonds. The number of likely N-dealkylation sites (tertiary alicyclic amines) is 1. The van der Waals surface area contributed by atoms with Crippen molar-refractivity contribution in [2.45, 2.75) is 46.0 Å². The molecule has 0 aliphatic carbocycles. The van der Waals surface area contributed by atoms with Crippen molar-refractivity contribution in [1.29, 1.82) is 0 Å². The lowest BCUT2D eigenvalue weighted by Crippen LogP contribution is -2.33. The molecule has 5 nitrogen and oxygen atoms in total. The van der Waals surface area contributed by atoms with Crippen LogP contribution in [0.1, 0.15) is 46.8 Å². The molecule has 2 aromatic rings. The van der Waals surface area contributed by atoms with Gasteiger partial charge in [-0.2, -0.15) is 5.10 Å². The fourth-order valence-electron chi connectivity index (χ4n) is 3.96. The molecular weight excluding hydrogens is 324 g/mol. The number of hydrogen-bond acceptors (Lipinski definition) is 3. The number of aryl methyl sites for hydroxylation is 3. The van der Waals surface area contributed by atoms with E-state index in [4.69, 9.17) is 0 Å². The Hall–Kier alpha value is -2.14. The lowest BCUT2D eigenvalue weighted by atomic mass is 9.94. The van der Waals surface area contributed by atoms with Crippen LogP contribution in [0.3, 0.4) is 0 Å². The topological polar surface area (TPSA) is 61.0 Å². The van der Waals surface area contributed by atoms with Gasteiger partial charge in [0, 0.05) is 31.7 Å². The molecule has 1 fully saturated rings. The van der Waals surface area contributed by atoms with Gasteiger partial charge in [-0.1, -0.05) is 24.3 Å². The van der Waals surface area contributed by atoms with E-state index in [2.05, 4.69) is 51.6 Å². The highest BCUT2D eigenvalue weighted by atomic mass is 16.1. The fraction of sp³-hybridized carbons (Fsp3) is 0.524. The number of nitrogens with one attached hydrogen (secondary N) is 2. The molecule has 2 N–H and O–H groups in total. The minimum absolute atomic E-state index is 0.125. The van der Waals surface area contributed by atoms with E-state index in [1.165, 1.54) is 23.1 Å². The van der Waals surface area contributed by atoms with Crippen molar-refractivity contribution in [3.63, 3.8) is 0 Å². The molecule has 3 rings (SSSR count). The monoisotopic (exact) mass is 354 g/mol. The minimum Gasteiger partial charge on any atom is -0.355 e. The molecule has 0 spiro atoms. The first kappa shape index (κ1) is 18.6. The van der Waals surface area contributed by atoms with Gasteiger partial charge in [0.1, 0.15) is 0 Å². The van der Waals surface area contributed by atoms with Gasteiger partial charge >= 0.3 is 0 Å². The van der Waals surface area contributed by atoms with Crippen LogP contribution in [0.5, 0.6) is 0 Å². The first-order chi connectivity index (χ1) is 12.5. The van der Waals surface area contributed by atoms with E-state index in [1.807, 2.05) is 13.8 Å². The summed E-state index contributed by atoms with van der Waals surface area (Å²) in [5.74, 6) is 0.749. The highest BCUT2D eigenvalue weighted by molar-refractivity contribution is 5.76. The summed E-state index contributed by atoms with van der Waals surface area (Å²) in [4.78, 5) is 14.6. The summed E-state index contributed by atoms with van der Waals surface area (Å²) in [6.07, 6.45) is 2.48. The second-order valence-corrected chi connectivity index (χ2v) is 7.41. The Kier molecular flexibility index (Phi) is 6.09. The molecule has 2 heterocycles. The molecule has 5 heteroatoms. The number of H-pyrrole nitrogens is 1. The zero-order valence-corrected chi connectivity index (χ0v) is 16.1. The van der Waals surface area contributed by atoms with Crippen LogP contribution in [0.25, 0.3) is 0 Å². The first-order valence-corrected chi connectivity index (χ1v) is 9.59. The van der Waals surface area contributed by atoms with E-state index in [-0.39, 0.29) is 5.91 Å². The summed E-state index contributed by atoms with van der Waals surface area (Å²) in [5, 5.41) is 10.2. The van der Waals surface area contributed by atoms with Crippen LogP contribution >= 0.6 is 0 Å². The van der Waals surface area contributed by atoms with Crippen molar-refractivity contribution in [1.82, 2.24) is 20.4 Å². The van der Waals surface area contributed by atoms with Crippen LogP contribution in [0, 0.1) is 20.8 Å². The van der Waals surface area contributed by atoms with Crippen LogP contribution < -0.4 is 5.32 Å². The molecule has 1 unspecified atom stereocenters. The third kappa shape index (κ3) is 4.52. The van der Waals surface area contributed by atoms with Gasteiger partial charge in [0.2, 0.25) is 5.91 Å². The van der Waals surface area contributed by atoms with Crippen molar-refractivity contribution in [3.8, 4) is 0 Å². The molecule has 1 atom stereocenters. The van der Waals surface area contributed by atoms with Crippen molar-refractivity contribution in [2.75, 3.05) is 26.2 Å². The standard InChI is InChI=1S/C21H30N4O/c1-15-6-4-5-7-19(15)18-10-12-25(14-18)13-11-22-21(26)9-8-20-16(2)23-24-17(20)3/h4-7,18H,8-14H2,1-3H3,(H,22,26)(H,23,24). The molecular formula is C21H30N4O. The Labute approximate surface area is 156 Å². The van der Waals surface area contributed by atoms with Gasteiger partial charge in [-0.25, -0.2) is 0 Å². The van der Waals surface area contributed by atoms with Crippen molar-refractivity contribution < 1.29 is 4.79 Å². The molecule has 1 saturated heterocycles. The third-order valence-electron chi connectivity index (χ3n) is 5.53. The van der Waals surface area contributed by atoms with Crippen LogP contribution in [0.2, 0.25) is 0 Å². The summed E-state index contributed by atoms with van der Waals surface area (Å²) in [6, 6.07) is 8.69. The van der Waals surface area contributed by atoms with Gasteiger partial charge in [-0.05, 0) is 62.8 Å². The predicted octanol–water partition coefficient (Wildman–Crippen LogP) is 2.87. The molecule has 1 aromatic heterocycles. The Morgan fingerprint density at radius 3 is 2.85 bits per heavy atom. The van der Waals surface area contributed by atoms with E-state index >= 15 is 0 Å². The molecule has 1 aliphatic rings. The van der Waals surface area contributed by atoms with Crippen molar-refractivity contribution in [2.24, 2.45) is 0 Å². The number of aromatic nitrogens is 2. The molecule has 0 radical (unpaired) electrons. The largest absolute Gasteiger partial charge is 0.355 e. The molecule has 1 aromatic carbocycles. The van der Waals surface area contributed by atoms with Gasteiger partial charge in [0.25, 0.3) is 0 Å². The summed E-state index contributed by atoms with van der Waals surface area (Å²) in [5.41, 5.74) is 6.09. The molecule has 0 bridgehead atoms. The van der Waals surface area contributed by atoms with E-state index in [1.54, 1.807) is 0 Å². The molecule has 1 aliphatic heterocycles. The summed E-state index contributed by atoms with van der Waals surface area (Å²) in [6.45, 7) is 10.0. The number of carbonyl (C=O) groups excluding carboxylic acids is 1. The number of hydrogen-bond donors (Lipinski definition) is 2. The number of carbonyl (C=O) groups is 1. The van der Waals surface area contributed by atoms with Crippen LogP contribution in [0.15, 0.2) is 24.3 Å². The average Bonchev–Trinajstić information content (AvgIpc) is 3.21. The second kappa shape index (κ2) is 8.49. The van der Waals surface area contributed by atoms with E-state index in [0.717, 1.165) is 44.0 Å². The van der Waals surface area contributed by atoms with Crippen LogP contribution in [-0.4, -0.2) is 47.2 Å². The number of nitrogens with zero attached hydrogens (tertiary/aromatic N) is 2. The number of rotatable bonds is 7. The third-order valence-corrected chi connectivity index (χ3v) is 5.53. The maximum absolute atomic E-state index is 12.1. The zero-order chi connectivity index (χ0) is 18.5. The number of amides is 1. The maximum atomic E-state index is 12.1. The SMILES string of the molecule is Cc1ccccc1C1CCN(CCNC(=O)CCc2c(C)n[nH]c2C)C1. The number of benzene rings is 1. The molecule has 26 heavy (non-hydrogen) atoms. The molecule has 0 saturated carbocycles. The smallest absolute Gasteiger partial charge is 0.220 e. The Morgan fingerprint density at radius 2 is 2.12 bits per heavy atom. The van der Waals surface area contributed by atoms with Crippen molar-refractivity contribution >= 4 is 5.91 Å². The summed E-state index contributed by atoms with van der Waals surface area (Å²) < 4.78 is 0. The zero-order valence-electron chi connectivity index (χ0n) is 16.1. The predicted molar refractivity (Wildman–Crippen MR) is 104 cm³/mol. The highest BCUT2D eigenvalue weighted by Crippen LogP contribution is 2.28. The van der Waals surface area contributed by atoms with E-state index < -0.39 is 0 Å². The van der Waals surface area contributed by atoms with Gasteiger partial charge in [-0.3, -0.25) is 9.89 Å². The van der Waals surface area contributed by atoms with Crippen LogP contribution in [0.4, 0.5) is 0 Å². The summed E-state index contributed by atoms with van der Waals surface area (Å²) >= 11 is 0. The first-order valence-electron chi connectivity index (χ1n) is 9.59. The Bertz CT molecular complexity index is 733. The van der Waals surface area contributed by atoms with Gasteiger partial charge in [0.05, 0.1) is 5.69 Å². The quantitative estimate of drug-likeness (QED) is 0.804. The fourth-order valence-corrected chi connectivity index (χ4v) is 3.96. The van der Waals surface area contributed by atoms with E-state index in [0.29, 0.717) is 12.3 Å². The van der Waals surface area contributed by atoms with Gasteiger partial charge in [-0.15, -0.1) is 0 Å². The maximum Gasteiger partial charge on any atom is 0.220 e.